The third kappa shape index (κ3) is 4.34. The Morgan fingerprint density at radius 1 is 1.09 bits per heavy atom. The molecule has 1 N–H and O–H groups in total. The van der Waals surface area contributed by atoms with Crippen molar-refractivity contribution in [1.29, 1.82) is 0 Å². The maximum atomic E-state index is 11.9. The molecule has 2 aromatic carbocycles. The second-order valence-electron chi connectivity index (χ2n) is 8.12. The minimum absolute atomic E-state index is 0.0205. The number of hydrogen-bond donors (Lipinski definition) is 1. The van der Waals surface area contributed by atoms with Crippen molar-refractivity contribution in [3.05, 3.63) is 67.6 Å². The first-order valence-electron chi connectivity index (χ1n) is 11.2. The van der Waals surface area contributed by atoms with Crippen molar-refractivity contribution in [2.75, 3.05) is 25.5 Å². The molecule has 0 saturated carbocycles. The molecule has 0 radical (unpaired) electrons. The zero-order chi connectivity index (χ0) is 23.5. The molecule has 34 heavy (non-hydrogen) atoms. The number of aromatic nitrogens is 3. The number of carbonyl (C=O) groups excluding carboxylic acids is 1. The van der Waals surface area contributed by atoms with Gasteiger partial charge in [0.2, 0.25) is 5.91 Å². The molecule has 3 heterocycles. The largest absolute Gasteiger partial charge is 0.493 e. The maximum Gasteiger partial charge on any atom is 0.245 e. The molecule has 0 unspecified atom stereocenters. The highest BCUT2D eigenvalue weighted by atomic mass is 16.5. The predicted molar refractivity (Wildman–Crippen MR) is 132 cm³/mol. The fraction of sp³-hybridized carbons (Fsp3) is 0.231. The molecular formula is C26H25N5O3. The van der Waals surface area contributed by atoms with Gasteiger partial charge in [-0.05, 0) is 30.3 Å². The molecular weight excluding hydrogens is 430 g/mol. The van der Waals surface area contributed by atoms with E-state index in [0.717, 1.165) is 40.3 Å². The van der Waals surface area contributed by atoms with E-state index in [-0.39, 0.29) is 12.0 Å². The molecule has 8 heteroatoms. The highest BCUT2D eigenvalue weighted by Gasteiger charge is 2.24. The Labute approximate surface area is 197 Å². The van der Waals surface area contributed by atoms with Crippen LogP contribution in [0.15, 0.2) is 67.6 Å². The summed E-state index contributed by atoms with van der Waals surface area (Å²) < 4.78 is 11.9. The molecule has 0 atom stereocenters. The number of amides is 1. The topological polar surface area (TPSA) is 89.5 Å². The third-order valence-electron chi connectivity index (χ3n) is 6.01. The van der Waals surface area contributed by atoms with Crippen molar-refractivity contribution in [2.24, 2.45) is 0 Å². The fourth-order valence-corrected chi connectivity index (χ4v) is 4.20. The molecule has 0 aliphatic carbocycles. The number of nitrogens with zero attached hydrogens (tertiary/aromatic N) is 4. The van der Waals surface area contributed by atoms with Gasteiger partial charge >= 0.3 is 0 Å². The number of nitrogens with one attached hydrogen (secondary N) is 1. The smallest absolute Gasteiger partial charge is 0.245 e. The van der Waals surface area contributed by atoms with Crippen LogP contribution in [0.5, 0.6) is 11.5 Å². The van der Waals surface area contributed by atoms with Crippen LogP contribution in [0.4, 0.5) is 11.5 Å². The summed E-state index contributed by atoms with van der Waals surface area (Å²) in [6.45, 7) is 4.84. The number of rotatable bonds is 6. The van der Waals surface area contributed by atoms with Gasteiger partial charge in [0.25, 0.3) is 0 Å². The molecule has 1 amide bonds. The van der Waals surface area contributed by atoms with Crippen LogP contribution >= 0.6 is 0 Å². The van der Waals surface area contributed by atoms with Gasteiger partial charge in [0.1, 0.15) is 18.2 Å². The van der Waals surface area contributed by atoms with Gasteiger partial charge in [0, 0.05) is 54.7 Å². The number of ether oxygens (including phenoxy) is 2. The van der Waals surface area contributed by atoms with Crippen LogP contribution in [0.1, 0.15) is 12.8 Å². The van der Waals surface area contributed by atoms with Crippen molar-refractivity contribution >= 4 is 39.2 Å². The summed E-state index contributed by atoms with van der Waals surface area (Å²) in [5.74, 6) is 1.86. The molecule has 4 aromatic rings. The quantitative estimate of drug-likeness (QED) is 0.429. The van der Waals surface area contributed by atoms with Gasteiger partial charge in [-0.3, -0.25) is 9.78 Å². The molecule has 8 nitrogen and oxygen atoms in total. The number of benzene rings is 2. The van der Waals surface area contributed by atoms with E-state index in [1.807, 2.05) is 42.5 Å². The fourth-order valence-electron chi connectivity index (χ4n) is 4.20. The number of carbonyl (C=O) groups is 1. The Kier molecular flexibility index (Phi) is 5.95. The monoisotopic (exact) mass is 455 g/mol. The van der Waals surface area contributed by atoms with Gasteiger partial charge in [0.15, 0.2) is 11.5 Å². The molecule has 172 valence electrons. The standard InChI is InChI=1S/C26H25N5O3/c1-3-25(32)31-11-8-19(9-12-31)34-24-14-20-22(15-23(24)33-2)28-16-29-26(20)30-18-7-6-17-5-4-10-27-21(17)13-18/h3-7,10,13-16,19H,1,8-9,11-12H2,2H3,(H,28,29,30). The number of pyridine rings is 1. The number of hydrogen-bond acceptors (Lipinski definition) is 7. The SMILES string of the molecule is C=CC(=O)N1CCC(Oc2cc3c(Nc4ccc5cccnc5c4)ncnc3cc2OC)CC1. The van der Waals surface area contributed by atoms with Crippen LogP contribution in [-0.4, -0.2) is 52.1 Å². The van der Waals surface area contributed by atoms with Gasteiger partial charge in [-0.2, -0.15) is 0 Å². The van der Waals surface area contributed by atoms with Crippen LogP contribution in [0.3, 0.4) is 0 Å². The van der Waals surface area contributed by atoms with Gasteiger partial charge in [-0.15, -0.1) is 0 Å². The number of anilines is 2. The summed E-state index contributed by atoms with van der Waals surface area (Å²) in [4.78, 5) is 27.0. The number of fused-ring (bicyclic) bond motifs is 2. The summed E-state index contributed by atoms with van der Waals surface area (Å²) >= 11 is 0. The molecule has 2 aromatic heterocycles. The molecule has 1 aliphatic heterocycles. The van der Waals surface area contributed by atoms with E-state index < -0.39 is 0 Å². The summed E-state index contributed by atoms with van der Waals surface area (Å²) in [5, 5.41) is 5.28. The molecule has 0 spiro atoms. The van der Waals surface area contributed by atoms with Crippen molar-refractivity contribution in [3.63, 3.8) is 0 Å². The first-order valence-corrected chi connectivity index (χ1v) is 11.2. The van der Waals surface area contributed by atoms with E-state index in [9.17, 15) is 4.79 Å². The van der Waals surface area contributed by atoms with E-state index in [0.29, 0.717) is 30.4 Å². The normalized spacial score (nSPS) is 14.2. The minimum atomic E-state index is -0.0431. The predicted octanol–water partition coefficient (Wildman–Crippen LogP) is 4.49. The Morgan fingerprint density at radius 2 is 1.94 bits per heavy atom. The summed E-state index contributed by atoms with van der Waals surface area (Å²) in [6.07, 6.45) is 6.11. The Bertz CT molecular complexity index is 1370. The Hall–Kier alpha value is -4.20. The summed E-state index contributed by atoms with van der Waals surface area (Å²) in [7, 11) is 1.61. The maximum absolute atomic E-state index is 11.9. The van der Waals surface area contributed by atoms with Gasteiger partial charge in [-0.1, -0.05) is 18.7 Å². The van der Waals surface area contributed by atoms with E-state index in [1.165, 1.54) is 12.4 Å². The van der Waals surface area contributed by atoms with Crippen molar-refractivity contribution in [2.45, 2.75) is 18.9 Å². The number of methoxy groups -OCH3 is 1. The third-order valence-corrected chi connectivity index (χ3v) is 6.01. The average Bonchev–Trinajstić information content (AvgIpc) is 2.88. The molecule has 1 aliphatic rings. The molecule has 5 rings (SSSR count). The van der Waals surface area contributed by atoms with Crippen molar-refractivity contribution in [3.8, 4) is 11.5 Å². The van der Waals surface area contributed by atoms with E-state index in [2.05, 4.69) is 26.8 Å². The van der Waals surface area contributed by atoms with Crippen molar-refractivity contribution < 1.29 is 14.3 Å². The second kappa shape index (κ2) is 9.35. The van der Waals surface area contributed by atoms with Crippen LogP contribution in [0.2, 0.25) is 0 Å². The van der Waals surface area contributed by atoms with Gasteiger partial charge in [-0.25, -0.2) is 9.97 Å². The Balaban J connectivity index is 1.42. The van der Waals surface area contributed by atoms with Crippen LogP contribution < -0.4 is 14.8 Å². The average molecular weight is 456 g/mol. The minimum Gasteiger partial charge on any atom is -0.493 e. The van der Waals surface area contributed by atoms with Gasteiger partial charge < -0.3 is 19.7 Å². The number of piperidine rings is 1. The second-order valence-corrected chi connectivity index (χ2v) is 8.12. The van der Waals surface area contributed by atoms with Crippen molar-refractivity contribution in [1.82, 2.24) is 19.9 Å². The van der Waals surface area contributed by atoms with Gasteiger partial charge in [0.05, 0.1) is 18.1 Å². The van der Waals surface area contributed by atoms with Crippen LogP contribution in [-0.2, 0) is 4.79 Å². The molecule has 0 bridgehead atoms. The zero-order valence-corrected chi connectivity index (χ0v) is 18.9. The first-order chi connectivity index (χ1) is 16.6. The molecule has 1 saturated heterocycles. The van der Waals surface area contributed by atoms with E-state index in [1.54, 1.807) is 18.2 Å². The van der Waals surface area contributed by atoms with Crippen LogP contribution in [0, 0.1) is 0 Å². The highest BCUT2D eigenvalue weighted by molar-refractivity contribution is 5.94. The first kappa shape index (κ1) is 21.6. The van der Waals surface area contributed by atoms with E-state index in [4.69, 9.17) is 9.47 Å². The zero-order valence-electron chi connectivity index (χ0n) is 18.9. The van der Waals surface area contributed by atoms with Crippen LogP contribution in [0.25, 0.3) is 21.8 Å². The summed E-state index contributed by atoms with van der Waals surface area (Å²) in [5.41, 5.74) is 2.52. The number of likely N-dealkylation sites (tertiary alicyclic amines) is 1. The lowest BCUT2D eigenvalue weighted by atomic mass is 10.1. The lowest BCUT2D eigenvalue weighted by Crippen LogP contribution is -2.41. The Morgan fingerprint density at radius 3 is 2.74 bits per heavy atom. The highest BCUT2D eigenvalue weighted by Crippen LogP contribution is 2.36. The summed E-state index contributed by atoms with van der Waals surface area (Å²) in [6, 6.07) is 13.7. The van der Waals surface area contributed by atoms with E-state index >= 15 is 0 Å². The molecule has 1 fully saturated rings. The lowest BCUT2D eigenvalue weighted by Gasteiger charge is -2.31. The lowest BCUT2D eigenvalue weighted by molar-refractivity contribution is -0.127.